The minimum atomic E-state index is 0.369. The Labute approximate surface area is 97.2 Å². The fourth-order valence-electron chi connectivity index (χ4n) is 1.22. The molecular weight excluding hydrogens is 232 g/mol. The van der Waals surface area contributed by atoms with Gasteiger partial charge in [-0.25, -0.2) is 4.98 Å². The van der Waals surface area contributed by atoms with Crippen LogP contribution in [-0.2, 0) is 16.1 Å². The number of ether oxygens (including phenoxy) is 2. The SMILES string of the molecule is COCCOCc1nnc2cc(Cl)ncn12. The summed E-state index contributed by atoms with van der Waals surface area (Å²) in [5, 5.41) is 8.33. The van der Waals surface area contributed by atoms with Crippen molar-refractivity contribution in [3.63, 3.8) is 0 Å². The molecule has 2 heterocycles. The van der Waals surface area contributed by atoms with E-state index in [-0.39, 0.29) is 0 Å². The second-order valence-corrected chi connectivity index (χ2v) is 3.49. The first-order valence-corrected chi connectivity index (χ1v) is 5.11. The van der Waals surface area contributed by atoms with Crippen LogP contribution in [0, 0.1) is 0 Å². The van der Waals surface area contributed by atoms with Crippen molar-refractivity contribution in [1.82, 2.24) is 19.6 Å². The summed E-state index contributed by atoms with van der Waals surface area (Å²) in [6.07, 6.45) is 1.58. The van der Waals surface area contributed by atoms with Gasteiger partial charge in [-0.3, -0.25) is 4.40 Å². The summed E-state index contributed by atoms with van der Waals surface area (Å²) in [6.45, 7) is 1.45. The van der Waals surface area contributed by atoms with Crippen molar-refractivity contribution in [1.29, 1.82) is 0 Å². The molecule has 0 spiro atoms. The molecule has 0 fully saturated rings. The van der Waals surface area contributed by atoms with Crippen LogP contribution in [0.2, 0.25) is 5.15 Å². The van der Waals surface area contributed by atoms with Crippen LogP contribution >= 0.6 is 11.6 Å². The number of nitrogens with zero attached hydrogens (tertiary/aromatic N) is 4. The zero-order valence-electron chi connectivity index (χ0n) is 8.76. The number of hydrogen-bond donors (Lipinski definition) is 0. The van der Waals surface area contributed by atoms with Crippen molar-refractivity contribution < 1.29 is 9.47 Å². The number of fused-ring (bicyclic) bond motifs is 1. The van der Waals surface area contributed by atoms with E-state index in [1.165, 1.54) is 0 Å². The first-order chi connectivity index (χ1) is 7.81. The van der Waals surface area contributed by atoms with Crippen molar-refractivity contribution in [2.24, 2.45) is 0 Å². The molecule has 2 aromatic heterocycles. The summed E-state index contributed by atoms with van der Waals surface area (Å²) in [4.78, 5) is 3.95. The predicted molar refractivity (Wildman–Crippen MR) is 57.3 cm³/mol. The van der Waals surface area contributed by atoms with Crippen LogP contribution in [0.4, 0.5) is 0 Å². The third-order valence-corrected chi connectivity index (χ3v) is 2.21. The molecule has 16 heavy (non-hydrogen) atoms. The monoisotopic (exact) mass is 242 g/mol. The van der Waals surface area contributed by atoms with Gasteiger partial charge in [-0.2, -0.15) is 0 Å². The molecule has 0 aliphatic heterocycles. The largest absolute Gasteiger partial charge is 0.382 e. The Kier molecular flexibility index (Phi) is 3.66. The molecule has 0 aliphatic carbocycles. The molecule has 7 heteroatoms. The topological polar surface area (TPSA) is 61.5 Å². The van der Waals surface area contributed by atoms with Gasteiger partial charge in [0.1, 0.15) is 18.1 Å². The molecule has 0 saturated carbocycles. The smallest absolute Gasteiger partial charge is 0.165 e. The van der Waals surface area contributed by atoms with E-state index in [4.69, 9.17) is 21.1 Å². The summed E-state index contributed by atoms with van der Waals surface area (Å²) in [5.74, 6) is 0.690. The lowest BCUT2D eigenvalue weighted by Crippen LogP contribution is -2.04. The van der Waals surface area contributed by atoms with Gasteiger partial charge in [-0.15, -0.1) is 10.2 Å². The lowest BCUT2D eigenvalue weighted by Gasteiger charge is -2.01. The van der Waals surface area contributed by atoms with E-state index >= 15 is 0 Å². The maximum atomic E-state index is 5.73. The third-order valence-electron chi connectivity index (χ3n) is 2.00. The van der Waals surface area contributed by atoms with Crippen LogP contribution in [0.15, 0.2) is 12.4 Å². The average Bonchev–Trinajstić information content (AvgIpc) is 2.67. The molecule has 0 radical (unpaired) electrons. The highest BCUT2D eigenvalue weighted by Crippen LogP contribution is 2.08. The first kappa shape index (κ1) is 11.3. The number of methoxy groups -OCH3 is 1. The van der Waals surface area contributed by atoms with Crippen LogP contribution in [0.3, 0.4) is 0 Å². The minimum absolute atomic E-state index is 0.369. The summed E-state index contributed by atoms with van der Waals surface area (Å²) >= 11 is 5.73. The molecule has 0 atom stereocenters. The summed E-state index contributed by atoms with van der Waals surface area (Å²) in [6, 6.07) is 1.65. The lowest BCUT2D eigenvalue weighted by molar-refractivity contribution is 0.0582. The summed E-state index contributed by atoms with van der Waals surface area (Å²) < 4.78 is 11.9. The van der Waals surface area contributed by atoms with Gasteiger partial charge in [0.15, 0.2) is 11.5 Å². The van der Waals surface area contributed by atoms with Gasteiger partial charge in [0, 0.05) is 13.2 Å². The van der Waals surface area contributed by atoms with Crippen LogP contribution in [-0.4, -0.2) is 39.9 Å². The van der Waals surface area contributed by atoms with Gasteiger partial charge in [-0.1, -0.05) is 11.6 Å². The van der Waals surface area contributed by atoms with Crippen LogP contribution in [0.5, 0.6) is 0 Å². The van der Waals surface area contributed by atoms with Gasteiger partial charge in [-0.05, 0) is 0 Å². The fourth-order valence-corrected chi connectivity index (χ4v) is 1.36. The Hall–Kier alpha value is -1.24. The Morgan fingerprint density at radius 1 is 1.38 bits per heavy atom. The lowest BCUT2D eigenvalue weighted by atomic mass is 10.6. The van der Waals surface area contributed by atoms with E-state index in [2.05, 4.69) is 15.2 Å². The fraction of sp³-hybridized carbons (Fsp3) is 0.444. The molecular formula is C9H11ClN4O2. The highest BCUT2D eigenvalue weighted by atomic mass is 35.5. The minimum Gasteiger partial charge on any atom is -0.382 e. The number of rotatable bonds is 5. The number of halogens is 1. The first-order valence-electron chi connectivity index (χ1n) is 4.73. The zero-order chi connectivity index (χ0) is 11.4. The molecule has 6 nitrogen and oxygen atoms in total. The molecule has 0 unspecified atom stereocenters. The van der Waals surface area contributed by atoms with Gasteiger partial charge in [0.25, 0.3) is 0 Å². The van der Waals surface area contributed by atoms with Gasteiger partial charge < -0.3 is 9.47 Å². The van der Waals surface area contributed by atoms with Crippen molar-refractivity contribution in [3.05, 3.63) is 23.4 Å². The summed E-state index contributed by atoms with van der Waals surface area (Å²) in [5.41, 5.74) is 0.658. The highest BCUT2D eigenvalue weighted by Gasteiger charge is 2.05. The standard InChI is InChI=1S/C9H11ClN4O2/c1-15-2-3-16-5-9-13-12-8-4-7(10)11-6-14(8)9/h4,6H,2-3,5H2,1H3. The Bertz CT molecular complexity index is 473. The maximum Gasteiger partial charge on any atom is 0.165 e. The molecule has 0 amide bonds. The van der Waals surface area contributed by atoms with Crippen LogP contribution < -0.4 is 0 Å². The number of aromatic nitrogens is 4. The van der Waals surface area contributed by atoms with E-state index < -0.39 is 0 Å². The summed E-state index contributed by atoms with van der Waals surface area (Å²) in [7, 11) is 1.63. The van der Waals surface area contributed by atoms with Gasteiger partial charge in [0.05, 0.1) is 13.2 Å². The van der Waals surface area contributed by atoms with Gasteiger partial charge >= 0.3 is 0 Å². The molecule has 0 bridgehead atoms. The second kappa shape index (κ2) is 5.20. The van der Waals surface area contributed by atoms with E-state index in [9.17, 15) is 0 Å². The van der Waals surface area contributed by atoms with Crippen molar-refractivity contribution in [3.8, 4) is 0 Å². The van der Waals surface area contributed by atoms with E-state index in [1.54, 1.807) is 23.9 Å². The van der Waals surface area contributed by atoms with E-state index in [0.717, 1.165) is 0 Å². The van der Waals surface area contributed by atoms with Crippen molar-refractivity contribution in [2.75, 3.05) is 20.3 Å². The average molecular weight is 243 g/mol. The normalized spacial score (nSPS) is 11.1. The maximum absolute atomic E-state index is 5.73. The zero-order valence-corrected chi connectivity index (χ0v) is 9.52. The molecule has 0 aromatic carbocycles. The quantitative estimate of drug-likeness (QED) is 0.577. The number of hydrogen-bond acceptors (Lipinski definition) is 5. The van der Waals surface area contributed by atoms with Crippen molar-refractivity contribution in [2.45, 2.75) is 6.61 Å². The molecule has 0 aliphatic rings. The molecule has 2 aromatic rings. The molecule has 0 N–H and O–H groups in total. The van der Waals surface area contributed by atoms with Gasteiger partial charge in [0.2, 0.25) is 0 Å². The highest BCUT2D eigenvalue weighted by molar-refractivity contribution is 6.29. The Morgan fingerprint density at radius 2 is 2.25 bits per heavy atom. The second-order valence-electron chi connectivity index (χ2n) is 3.10. The van der Waals surface area contributed by atoms with E-state index in [0.29, 0.717) is 36.4 Å². The molecule has 2 rings (SSSR count). The Balaban J connectivity index is 2.07. The van der Waals surface area contributed by atoms with Crippen LogP contribution in [0.25, 0.3) is 5.65 Å². The Morgan fingerprint density at radius 3 is 3.06 bits per heavy atom. The predicted octanol–water partition coefficient (Wildman–Crippen LogP) is 0.941. The van der Waals surface area contributed by atoms with Crippen molar-refractivity contribution >= 4 is 17.2 Å². The molecule has 86 valence electrons. The third kappa shape index (κ3) is 2.46. The molecule has 0 saturated heterocycles. The van der Waals surface area contributed by atoms with E-state index in [1.807, 2.05) is 0 Å². The van der Waals surface area contributed by atoms with Crippen LogP contribution in [0.1, 0.15) is 5.82 Å².